The molecule has 4 aromatic rings. The highest BCUT2D eigenvalue weighted by atomic mass is 16.2. The Morgan fingerprint density at radius 3 is 2.32 bits per heavy atom. The van der Waals surface area contributed by atoms with Gasteiger partial charge in [-0.15, -0.1) is 0 Å². The molecule has 8 nitrogen and oxygen atoms in total. The second-order valence-electron chi connectivity index (χ2n) is 8.59. The Bertz CT molecular complexity index is 1370. The van der Waals surface area contributed by atoms with Gasteiger partial charge in [0.25, 0.3) is 5.56 Å². The molecule has 1 amide bonds. The Morgan fingerprint density at radius 1 is 1.03 bits per heavy atom. The van der Waals surface area contributed by atoms with Gasteiger partial charge in [0.05, 0.1) is 22.5 Å². The molecule has 0 bridgehead atoms. The number of aromatic nitrogens is 4. The second kappa shape index (κ2) is 9.51. The molecule has 0 aliphatic heterocycles. The van der Waals surface area contributed by atoms with Crippen LogP contribution in [0, 0.1) is 13.8 Å². The number of aryl methyl sites for hydroxylation is 2. The molecule has 2 aromatic heterocycles. The van der Waals surface area contributed by atoms with E-state index in [2.05, 4.69) is 15.5 Å². The first-order valence-corrected chi connectivity index (χ1v) is 11.4. The summed E-state index contributed by atoms with van der Waals surface area (Å²) in [4.78, 5) is 28.6. The Morgan fingerprint density at radius 2 is 1.71 bits per heavy atom. The van der Waals surface area contributed by atoms with E-state index in [-0.39, 0.29) is 11.5 Å². The maximum atomic E-state index is 13.5. The number of benzene rings is 2. The number of carbonyl (C=O) groups is 1. The number of rotatable bonds is 7. The Balaban J connectivity index is 1.64. The molecule has 0 aliphatic rings. The van der Waals surface area contributed by atoms with Gasteiger partial charge in [-0.05, 0) is 50.1 Å². The molecule has 1 N–H and O–H groups in total. The van der Waals surface area contributed by atoms with E-state index in [0.29, 0.717) is 29.6 Å². The van der Waals surface area contributed by atoms with Crippen LogP contribution in [-0.2, 0) is 11.3 Å². The number of para-hydroxylation sites is 1. The van der Waals surface area contributed by atoms with Crippen LogP contribution in [0.4, 0.5) is 5.69 Å². The minimum Gasteiger partial charge on any atom is -0.378 e. The van der Waals surface area contributed by atoms with Crippen LogP contribution in [0.3, 0.4) is 0 Å². The molecule has 0 fully saturated rings. The number of nitrogens with one attached hydrogen (secondary N) is 1. The lowest BCUT2D eigenvalue weighted by molar-refractivity contribution is -0.125. The summed E-state index contributed by atoms with van der Waals surface area (Å²) in [5.41, 5.74) is 4.52. The maximum Gasteiger partial charge on any atom is 0.278 e. The molecule has 1 atom stereocenters. The summed E-state index contributed by atoms with van der Waals surface area (Å²) >= 11 is 0. The molecular formula is C26H30N6O2. The van der Waals surface area contributed by atoms with Crippen LogP contribution in [-0.4, -0.2) is 39.6 Å². The quantitative estimate of drug-likeness (QED) is 0.458. The van der Waals surface area contributed by atoms with Gasteiger partial charge in [-0.1, -0.05) is 37.3 Å². The zero-order valence-corrected chi connectivity index (χ0v) is 20.2. The van der Waals surface area contributed by atoms with E-state index in [0.717, 1.165) is 22.6 Å². The van der Waals surface area contributed by atoms with Crippen LogP contribution in [0.1, 0.15) is 36.3 Å². The number of hydrogen-bond acceptors (Lipinski definition) is 5. The van der Waals surface area contributed by atoms with Gasteiger partial charge < -0.3 is 10.2 Å². The van der Waals surface area contributed by atoms with Crippen molar-refractivity contribution in [1.82, 2.24) is 24.9 Å². The monoisotopic (exact) mass is 458 g/mol. The Kier molecular flexibility index (Phi) is 6.49. The molecule has 0 radical (unpaired) electrons. The number of amides is 1. The van der Waals surface area contributed by atoms with Crippen LogP contribution in [0.5, 0.6) is 0 Å². The van der Waals surface area contributed by atoms with Crippen molar-refractivity contribution in [2.45, 2.75) is 39.8 Å². The SMILES string of the molecule is CC[C@@H](C(=O)NCc1ccc(N(C)C)cc1)n1nc(C)c2nn(-c3ccccc3)c(C)c2c1=O. The topological polar surface area (TPSA) is 85.1 Å². The fourth-order valence-corrected chi connectivity index (χ4v) is 4.10. The average molecular weight is 459 g/mol. The normalized spacial score (nSPS) is 12.0. The zero-order valence-electron chi connectivity index (χ0n) is 20.2. The molecular weight excluding hydrogens is 428 g/mol. The van der Waals surface area contributed by atoms with Gasteiger partial charge in [0.1, 0.15) is 11.6 Å². The van der Waals surface area contributed by atoms with E-state index in [4.69, 9.17) is 0 Å². The fourth-order valence-electron chi connectivity index (χ4n) is 4.10. The largest absolute Gasteiger partial charge is 0.378 e. The lowest BCUT2D eigenvalue weighted by Gasteiger charge is -2.18. The first-order valence-electron chi connectivity index (χ1n) is 11.4. The molecule has 176 valence electrons. The number of hydrogen-bond donors (Lipinski definition) is 1. The fraction of sp³-hybridized carbons (Fsp3) is 0.308. The van der Waals surface area contributed by atoms with Gasteiger partial charge in [0.15, 0.2) is 0 Å². The summed E-state index contributed by atoms with van der Waals surface area (Å²) < 4.78 is 3.07. The van der Waals surface area contributed by atoms with Crippen molar-refractivity contribution < 1.29 is 4.79 Å². The van der Waals surface area contributed by atoms with E-state index in [1.165, 1.54) is 4.68 Å². The van der Waals surface area contributed by atoms with Crippen molar-refractivity contribution in [2.75, 3.05) is 19.0 Å². The summed E-state index contributed by atoms with van der Waals surface area (Å²) in [6, 6.07) is 16.9. The zero-order chi connectivity index (χ0) is 24.4. The van der Waals surface area contributed by atoms with Gasteiger partial charge in [-0.3, -0.25) is 9.59 Å². The summed E-state index contributed by atoms with van der Waals surface area (Å²) in [7, 11) is 3.97. The average Bonchev–Trinajstić information content (AvgIpc) is 3.20. The van der Waals surface area contributed by atoms with Gasteiger partial charge >= 0.3 is 0 Å². The highest BCUT2D eigenvalue weighted by Gasteiger charge is 2.25. The van der Waals surface area contributed by atoms with Crippen LogP contribution >= 0.6 is 0 Å². The van der Waals surface area contributed by atoms with Crippen molar-refractivity contribution in [3.8, 4) is 5.69 Å². The predicted octanol–water partition coefficient (Wildman–Crippen LogP) is 3.53. The van der Waals surface area contributed by atoms with E-state index in [9.17, 15) is 9.59 Å². The summed E-state index contributed by atoms with van der Waals surface area (Å²) in [5, 5.41) is 12.6. The third kappa shape index (κ3) is 4.31. The Hall–Kier alpha value is -3.94. The van der Waals surface area contributed by atoms with Crippen molar-refractivity contribution in [1.29, 1.82) is 0 Å². The summed E-state index contributed by atoms with van der Waals surface area (Å²) in [6.45, 7) is 5.94. The minimum atomic E-state index is -0.712. The number of fused-ring (bicyclic) bond motifs is 1. The van der Waals surface area contributed by atoms with Crippen molar-refractivity contribution in [2.24, 2.45) is 0 Å². The highest BCUT2D eigenvalue weighted by molar-refractivity contribution is 5.84. The van der Waals surface area contributed by atoms with Gasteiger partial charge in [0, 0.05) is 26.3 Å². The molecule has 2 aromatic carbocycles. The molecule has 0 saturated carbocycles. The Labute approximate surface area is 198 Å². The second-order valence-corrected chi connectivity index (χ2v) is 8.59. The lowest BCUT2D eigenvalue weighted by atomic mass is 10.1. The van der Waals surface area contributed by atoms with E-state index in [1.807, 2.05) is 94.4 Å². The standard InChI is InChI=1S/C26H30N6O2/c1-6-22(25(33)27-16-19-12-14-20(15-13-19)30(4)5)32-26(34)23-18(3)31(21-10-8-7-9-11-21)29-24(23)17(2)28-32/h7-15,22H,6,16H2,1-5H3,(H,27,33)/t22-/m0/s1. The highest BCUT2D eigenvalue weighted by Crippen LogP contribution is 2.21. The molecule has 8 heteroatoms. The molecule has 0 spiro atoms. The molecule has 4 rings (SSSR count). The third-order valence-electron chi connectivity index (χ3n) is 6.04. The van der Waals surface area contributed by atoms with Crippen molar-refractivity contribution in [3.63, 3.8) is 0 Å². The molecule has 0 unspecified atom stereocenters. The first kappa shape index (κ1) is 23.2. The van der Waals surface area contributed by atoms with Crippen LogP contribution in [0.25, 0.3) is 16.6 Å². The minimum absolute atomic E-state index is 0.236. The van der Waals surface area contributed by atoms with Gasteiger partial charge in [0.2, 0.25) is 5.91 Å². The molecule has 0 aliphatic carbocycles. The molecule has 34 heavy (non-hydrogen) atoms. The molecule has 2 heterocycles. The van der Waals surface area contributed by atoms with Crippen LogP contribution in [0.15, 0.2) is 59.4 Å². The molecule has 0 saturated heterocycles. The maximum absolute atomic E-state index is 13.5. The van der Waals surface area contributed by atoms with E-state index < -0.39 is 6.04 Å². The van der Waals surface area contributed by atoms with Gasteiger partial charge in [-0.2, -0.15) is 10.2 Å². The summed E-state index contributed by atoms with van der Waals surface area (Å²) in [5.74, 6) is -0.236. The number of anilines is 1. The van der Waals surface area contributed by atoms with Crippen LogP contribution in [0.2, 0.25) is 0 Å². The summed E-state index contributed by atoms with van der Waals surface area (Å²) in [6.07, 6.45) is 0.440. The van der Waals surface area contributed by atoms with E-state index >= 15 is 0 Å². The van der Waals surface area contributed by atoms with Gasteiger partial charge in [-0.25, -0.2) is 9.36 Å². The number of nitrogens with zero attached hydrogens (tertiary/aromatic N) is 5. The third-order valence-corrected chi connectivity index (χ3v) is 6.04. The smallest absolute Gasteiger partial charge is 0.278 e. The lowest BCUT2D eigenvalue weighted by Crippen LogP contribution is -2.38. The van der Waals surface area contributed by atoms with Crippen molar-refractivity contribution >= 4 is 22.5 Å². The predicted molar refractivity (Wildman–Crippen MR) is 135 cm³/mol. The first-order chi connectivity index (χ1) is 16.3. The van der Waals surface area contributed by atoms with Crippen LogP contribution < -0.4 is 15.8 Å². The van der Waals surface area contributed by atoms with Crippen molar-refractivity contribution in [3.05, 3.63) is 81.9 Å². The number of carbonyl (C=O) groups excluding carboxylic acids is 1. The van der Waals surface area contributed by atoms with E-state index in [1.54, 1.807) is 4.68 Å².